The SMILES string of the molecule is Cc1[nH]ncc1CNc1cccc2cccnc12. The van der Waals surface area contributed by atoms with Crippen molar-refractivity contribution in [3.05, 3.63) is 54.0 Å². The van der Waals surface area contributed by atoms with Crippen LogP contribution in [-0.4, -0.2) is 15.2 Å². The third-order valence-corrected chi connectivity index (χ3v) is 3.04. The largest absolute Gasteiger partial charge is 0.379 e. The highest BCUT2D eigenvalue weighted by Gasteiger charge is 2.03. The van der Waals surface area contributed by atoms with Crippen LogP contribution in [0.1, 0.15) is 11.3 Å². The van der Waals surface area contributed by atoms with Crippen molar-refractivity contribution in [2.24, 2.45) is 0 Å². The van der Waals surface area contributed by atoms with E-state index in [9.17, 15) is 0 Å². The number of nitrogens with zero attached hydrogens (tertiary/aromatic N) is 2. The van der Waals surface area contributed by atoms with Gasteiger partial charge in [0.05, 0.1) is 17.4 Å². The predicted octanol–water partition coefficient (Wildman–Crippen LogP) is 2.88. The molecule has 0 spiro atoms. The number of nitrogens with one attached hydrogen (secondary N) is 2. The first kappa shape index (κ1) is 10.8. The van der Waals surface area contributed by atoms with Crippen LogP contribution >= 0.6 is 0 Å². The van der Waals surface area contributed by atoms with Crippen LogP contribution in [0.15, 0.2) is 42.7 Å². The van der Waals surface area contributed by atoms with Crippen molar-refractivity contribution in [3.63, 3.8) is 0 Å². The number of aromatic nitrogens is 3. The Morgan fingerprint density at radius 2 is 2.11 bits per heavy atom. The number of hydrogen-bond donors (Lipinski definition) is 2. The van der Waals surface area contributed by atoms with Crippen LogP contribution in [0.5, 0.6) is 0 Å². The summed E-state index contributed by atoms with van der Waals surface area (Å²) in [4.78, 5) is 4.42. The van der Waals surface area contributed by atoms with E-state index in [-0.39, 0.29) is 0 Å². The second kappa shape index (κ2) is 4.49. The molecule has 4 nitrogen and oxygen atoms in total. The first-order valence-corrected chi connectivity index (χ1v) is 5.91. The number of aromatic amines is 1. The maximum atomic E-state index is 4.42. The molecule has 1 aromatic carbocycles. The van der Waals surface area contributed by atoms with Gasteiger partial charge in [0.15, 0.2) is 0 Å². The van der Waals surface area contributed by atoms with E-state index in [0.29, 0.717) is 0 Å². The summed E-state index contributed by atoms with van der Waals surface area (Å²) in [6.07, 6.45) is 3.66. The molecule has 2 N–H and O–H groups in total. The van der Waals surface area contributed by atoms with E-state index in [4.69, 9.17) is 0 Å². The maximum absolute atomic E-state index is 4.42. The van der Waals surface area contributed by atoms with E-state index in [1.165, 1.54) is 5.56 Å². The molecule has 18 heavy (non-hydrogen) atoms. The van der Waals surface area contributed by atoms with Gasteiger partial charge in [-0.2, -0.15) is 5.10 Å². The van der Waals surface area contributed by atoms with Crippen molar-refractivity contribution in [1.29, 1.82) is 0 Å². The zero-order valence-corrected chi connectivity index (χ0v) is 10.1. The topological polar surface area (TPSA) is 53.6 Å². The van der Waals surface area contributed by atoms with E-state index in [2.05, 4.69) is 32.6 Å². The van der Waals surface area contributed by atoms with Crippen LogP contribution in [0, 0.1) is 6.92 Å². The smallest absolute Gasteiger partial charge is 0.0933 e. The zero-order chi connectivity index (χ0) is 12.4. The monoisotopic (exact) mass is 238 g/mol. The molecule has 0 atom stereocenters. The van der Waals surface area contributed by atoms with E-state index in [1.807, 2.05) is 37.5 Å². The second-order valence-corrected chi connectivity index (χ2v) is 4.25. The summed E-state index contributed by atoms with van der Waals surface area (Å²) >= 11 is 0. The molecule has 0 aliphatic heterocycles. The molecule has 4 heteroatoms. The summed E-state index contributed by atoms with van der Waals surface area (Å²) < 4.78 is 0. The molecule has 0 saturated carbocycles. The van der Waals surface area contributed by atoms with Crippen molar-refractivity contribution in [3.8, 4) is 0 Å². The predicted molar refractivity (Wildman–Crippen MR) is 72.4 cm³/mol. The fourth-order valence-corrected chi connectivity index (χ4v) is 1.99. The van der Waals surface area contributed by atoms with Crippen molar-refractivity contribution in [2.75, 3.05) is 5.32 Å². The minimum absolute atomic E-state index is 0.748. The van der Waals surface area contributed by atoms with Crippen LogP contribution < -0.4 is 5.32 Å². The summed E-state index contributed by atoms with van der Waals surface area (Å²) in [6.45, 7) is 2.77. The first-order chi connectivity index (χ1) is 8.84. The molecular weight excluding hydrogens is 224 g/mol. The standard InChI is InChI=1S/C14H14N4/c1-10-12(9-17-18-10)8-16-13-6-2-4-11-5-3-7-15-14(11)13/h2-7,9,16H,8H2,1H3,(H,17,18). The lowest BCUT2D eigenvalue weighted by atomic mass is 10.2. The maximum Gasteiger partial charge on any atom is 0.0933 e. The fraction of sp³-hybridized carbons (Fsp3) is 0.143. The summed E-state index contributed by atoms with van der Waals surface area (Å²) in [5.41, 5.74) is 4.31. The average molecular weight is 238 g/mol. The lowest BCUT2D eigenvalue weighted by Gasteiger charge is -2.08. The minimum atomic E-state index is 0.748. The number of pyridine rings is 1. The number of benzene rings is 1. The molecular formula is C14H14N4. The van der Waals surface area contributed by atoms with Gasteiger partial charge in [0, 0.05) is 29.4 Å². The third-order valence-electron chi connectivity index (χ3n) is 3.04. The lowest BCUT2D eigenvalue weighted by molar-refractivity contribution is 1.04. The van der Waals surface area contributed by atoms with E-state index < -0.39 is 0 Å². The molecule has 3 aromatic rings. The minimum Gasteiger partial charge on any atom is -0.379 e. The number of fused-ring (bicyclic) bond motifs is 1. The van der Waals surface area contributed by atoms with Crippen molar-refractivity contribution in [2.45, 2.75) is 13.5 Å². The molecule has 3 rings (SSSR count). The van der Waals surface area contributed by atoms with Crippen molar-refractivity contribution >= 4 is 16.6 Å². The number of para-hydroxylation sites is 1. The Labute approximate surface area is 105 Å². The Balaban J connectivity index is 1.89. The van der Waals surface area contributed by atoms with Gasteiger partial charge in [0.2, 0.25) is 0 Å². The van der Waals surface area contributed by atoms with Crippen molar-refractivity contribution < 1.29 is 0 Å². The van der Waals surface area contributed by atoms with Gasteiger partial charge in [-0.3, -0.25) is 10.1 Å². The van der Waals surface area contributed by atoms with E-state index in [1.54, 1.807) is 0 Å². The van der Waals surface area contributed by atoms with Crippen LogP contribution in [-0.2, 0) is 6.54 Å². The summed E-state index contributed by atoms with van der Waals surface area (Å²) in [5, 5.41) is 11.5. The van der Waals surface area contributed by atoms with Crippen LogP contribution in [0.2, 0.25) is 0 Å². The molecule has 2 aromatic heterocycles. The van der Waals surface area contributed by atoms with Crippen LogP contribution in [0.25, 0.3) is 10.9 Å². The van der Waals surface area contributed by atoms with Crippen molar-refractivity contribution in [1.82, 2.24) is 15.2 Å². The molecule has 2 heterocycles. The molecule has 0 fully saturated rings. The van der Waals surface area contributed by atoms with E-state index >= 15 is 0 Å². The van der Waals surface area contributed by atoms with Crippen LogP contribution in [0.3, 0.4) is 0 Å². The fourth-order valence-electron chi connectivity index (χ4n) is 1.99. The van der Waals surface area contributed by atoms with Gasteiger partial charge in [0.1, 0.15) is 0 Å². The molecule has 0 aliphatic carbocycles. The molecule has 0 radical (unpaired) electrons. The number of hydrogen-bond acceptors (Lipinski definition) is 3. The molecule has 90 valence electrons. The number of H-pyrrole nitrogens is 1. The van der Waals surface area contributed by atoms with E-state index in [0.717, 1.165) is 28.8 Å². The summed E-state index contributed by atoms with van der Waals surface area (Å²) in [5.74, 6) is 0. The van der Waals surface area contributed by atoms with Gasteiger partial charge < -0.3 is 5.32 Å². The highest BCUT2D eigenvalue weighted by molar-refractivity contribution is 5.90. The average Bonchev–Trinajstić information content (AvgIpc) is 2.82. The lowest BCUT2D eigenvalue weighted by Crippen LogP contribution is -2.00. The van der Waals surface area contributed by atoms with Gasteiger partial charge in [-0.15, -0.1) is 0 Å². The molecule has 0 unspecified atom stereocenters. The van der Waals surface area contributed by atoms with Gasteiger partial charge in [-0.05, 0) is 19.1 Å². The molecule has 0 aliphatic rings. The Kier molecular flexibility index (Phi) is 2.68. The quantitative estimate of drug-likeness (QED) is 0.737. The summed E-state index contributed by atoms with van der Waals surface area (Å²) in [6, 6.07) is 10.2. The Morgan fingerprint density at radius 3 is 2.94 bits per heavy atom. The van der Waals surface area contributed by atoms with Gasteiger partial charge in [-0.25, -0.2) is 0 Å². The molecule has 0 amide bonds. The second-order valence-electron chi connectivity index (χ2n) is 4.25. The Morgan fingerprint density at radius 1 is 1.22 bits per heavy atom. The summed E-state index contributed by atoms with van der Waals surface area (Å²) in [7, 11) is 0. The number of rotatable bonds is 3. The molecule has 0 saturated heterocycles. The number of anilines is 1. The first-order valence-electron chi connectivity index (χ1n) is 5.91. The normalized spacial score (nSPS) is 10.7. The van der Waals surface area contributed by atoms with Crippen LogP contribution in [0.4, 0.5) is 5.69 Å². The Hall–Kier alpha value is -2.36. The highest BCUT2D eigenvalue weighted by Crippen LogP contribution is 2.21. The highest BCUT2D eigenvalue weighted by atomic mass is 15.1. The van der Waals surface area contributed by atoms with Gasteiger partial charge >= 0.3 is 0 Å². The van der Waals surface area contributed by atoms with Gasteiger partial charge in [0.25, 0.3) is 0 Å². The third kappa shape index (κ3) is 1.93. The van der Waals surface area contributed by atoms with Gasteiger partial charge in [-0.1, -0.05) is 18.2 Å². The number of aryl methyl sites for hydroxylation is 1. The Bertz CT molecular complexity index is 667. The zero-order valence-electron chi connectivity index (χ0n) is 10.1. The molecule has 0 bridgehead atoms.